The van der Waals surface area contributed by atoms with Gasteiger partial charge in [0.05, 0.1) is 31.0 Å². The topological polar surface area (TPSA) is 89.3 Å². The highest BCUT2D eigenvalue weighted by Crippen LogP contribution is 2.41. The van der Waals surface area contributed by atoms with Crippen molar-refractivity contribution in [2.45, 2.75) is 31.3 Å². The van der Waals surface area contributed by atoms with Crippen molar-refractivity contribution in [1.82, 2.24) is 14.8 Å². The van der Waals surface area contributed by atoms with Crippen molar-refractivity contribution >= 4 is 35.3 Å². The third-order valence-corrected chi connectivity index (χ3v) is 7.41. The third kappa shape index (κ3) is 3.69. The number of halogens is 1. The summed E-state index contributed by atoms with van der Waals surface area (Å²) in [5, 5.41) is 8.81. The number of fused-ring (bicyclic) bond motifs is 2. The molecule has 0 radical (unpaired) electrons. The highest BCUT2D eigenvalue weighted by atomic mass is 35.5. The van der Waals surface area contributed by atoms with Crippen LogP contribution in [0.25, 0.3) is 0 Å². The van der Waals surface area contributed by atoms with Gasteiger partial charge in [-0.15, -0.1) is 5.10 Å². The number of nitrogens with zero attached hydrogens (tertiary/aromatic N) is 4. The number of benzene rings is 2. The first kappa shape index (κ1) is 21.9. The fraction of sp³-hybridized carbons (Fsp3) is 0.308. The standard InChI is InChI=1S/C26H24ClN5O3/c1-35-18-12-8-16(9-13-18)22-14-21(15-6-10-17(27)11-7-15)28-25-29-26(30-32(22)25)31-23(33)19-4-2-3-5-20(19)24(31)34/h2-3,6-13,19-22H,4-5,14H2,1H3,(H,28,29,30)/t19-,20-,21-,22+/m0/s1. The lowest BCUT2D eigenvalue weighted by Crippen LogP contribution is -2.32. The van der Waals surface area contributed by atoms with Gasteiger partial charge in [-0.25, -0.2) is 9.58 Å². The predicted octanol–water partition coefficient (Wildman–Crippen LogP) is 4.54. The fourth-order valence-electron chi connectivity index (χ4n) is 5.28. The Balaban J connectivity index is 1.39. The maximum absolute atomic E-state index is 13.1. The highest BCUT2D eigenvalue weighted by molar-refractivity contribution is 6.30. The summed E-state index contributed by atoms with van der Waals surface area (Å²) >= 11 is 6.11. The Morgan fingerprint density at radius 2 is 1.57 bits per heavy atom. The van der Waals surface area contributed by atoms with E-state index in [9.17, 15) is 9.59 Å². The van der Waals surface area contributed by atoms with E-state index in [4.69, 9.17) is 16.3 Å². The summed E-state index contributed by atoms with van der Waals surface area (Å²) in [6.45, 7) is 0. The van der Waals surface area contributed by atoms with Crippen LogP contribution in [0, 0.1) is 11.8 Å². The highest BCUT2D eigenvalue weighted by Gasteiger charge is 2.50. The number of carbonyl (C=O) groups excluding carboxylic acids is 2. The second kappa shape index (κ2) is 8.53. The summed E-state index contributed by atoms with van der Waals surface area (Å²) in [4.78, 5) is 32.1. The van der Waals surface area contributed by atoms with E-state index in [0.29, 0.717) is 30.2 Å². The van der Waals surface area contributed by atoms with Crippen molar-refractivity contribution in [2.75, 3.05) is 17.3 Å². The molecule has 1 aromatic heterocycles. The number of hydrogen-bond acceptors (Lipinski definition) is 6. The quantitative estimate of drug-likeness (QED) is 0.427. The summed E-state index contributed by atoms with van der Waals surface area (Å²) < 4.78 is 7.10. The number of ether oxygens (including phenoxy) is 1. The Morgan fingerprint density at radius 1 is 0.943 bits per heavy atom. The van der Waals surface area contributed by atoms with Gasteiger partial charge in [-0.3, -0.25) is 9.59 Å². The number of methoxy groups -OCH3 is 1. The minimum absolute atomic E-state index is 0.0549. The molecule has 1 N–H and O–H groups in total. The number of nitrogens with one attached hydrogen (secondary N) is 1. The van der Waals surface area contributed by atoms with Crippen molar-refractivity contribution in [2.24, 2.45) is 11.8 Å². The average Bonchev–Trinajstić information content (AvgIpc) is 3.42. The largest absolute Gasteiger partial charge is 0.497 e. The number of carbonyl (C=O) groups is 2. The van der Waals surface area contributed by atoms with Gasteiger partial charge < -0.3 is 10.1 Å². The van der Waals surface area contributed by atoms with E-state index in [1.165, 1.54) is 4.90 Å². The molecular formula is C26H24ClN5O3. The lowest BCUT2D eigenvalue weighted by molar-refractivity contribution is -0.122. The summed E-state index contributed by atoms with van der Waals surface area (Å²) in [5.74, 6) is 0.305. The first-order valence-electron chi connectivity index (χ1n) is 11.7. The summed E-state index contributed by atoms with van der Waals surface area (Å²) in [5.41, 5.74) is 2.09. The molecule has 1 fully saturated rings. The Bertz CT molecular complexity index is 1290. The van der Waals surface area contributed by atoms with Gasteiger partial charge in [0.15, 0.2) is 0 Å². The first-order valence-corrected chi connectivity index (χ1v) is 12.1. The second-order valence-corrected chi connectivity index (χ2v) is 9.56. The van der Waals surface area contributed by atoms with Crippen LogP contribution in [0.1, 0.15) is 42.5 Å². The lowest BCUT2D eigenvalue weighted by Gasteiger charge is -2.31. The number of imide groups is 1. The Labute approximate surface area is 207 Å². The molecule has 3 aliphatic rings. The molecule has 35 heavy (non-hydrogen) atoms. The van der Waals surface area contributed by atoms with Crippen LogP contribution in [-0.4, -0.2) is 33.7 Å². The number of rotatable bonds is 4. The normalized spacial score (nSPS) is 25.3. The molecule has 3 aromatic rings. The van der Waals surface area contributed by atoms with Crippen LogP contribution in [0.4, 0.5) is 11.9 Å². The molecule has 1 aliphatic carbocycles. The van der Waals surface area contributed by atoms with Crippen LogP contribution in [-0.2, 0) is 9.59 Å². The number of hydrogen-bond donors (Lipinski definition) is 1. The van der Waals surface area contributed by atoms with Crippen LogP contribution in [0.2, 0.25) is 5.02 Å². The SMILES string of the molecule is COc1ccc([C@H]2C[C@@H](c3ccc(Cl)cc3)Nc3nc(N4C(=O)[C@H]5CC=CC[C@@H]5C4=O)nn32)cc1. The van der Waals surface area contributed by atoms with Crippen molar-refractivity contribution in [3.8, 4) is 5.75 Å². The van der Waals surface area contributed by atoms with E-state index >= 15 is 0 Å². The molecule has 3 heterocycles. The van der Waals surface area contributed by atoms with E-state index in [-0.39, 0.29) is 41.7 Å². The number of anilines is 2. The molecule has 2 amide bonds. The van der Waals surface area contributed by atoms with Crippen LogP contribution >= 0.6 is 11.6 Å². The monoisotopic (exact) mass is 489 g/mol. The van der Waals surface area contributed by atoms with Gasteiger partial charge in [-0.1, -0.05) is 48.0 Å². The van der Waals surface area contributed by atoms with Crippen LogP contribution in [0.3, 0.4) is 0 Å². The Morgan fingerprint density at radius 3 is 2.20 bits per heavy atom. The molecular weight excluding hydrogens is 466 g/mol. The van der Waals surface area contributed by atoms with E-state index in [1.54, 1.807) is 11.8 Å². The molecule has 178 valence electrons. The lowest BCUT2D eigenvalue weighted by atomic mass is 9.85. The molecule has 0 spiro atoms. The molecule has 2 aliphatic heterocycles. The first-order chi connectivity index (χ1) is 17.0. The van der Waals surface area contributed by atoms with E-state index in [0.717, 1.165) is 16.9 Å². The van der Waals surface area contributed by atoms with Crippen LogP contribution in [0.15, 0.2) is 60.7 Å². The maximum atomic E-state index is 13.1. The molecule has 0 saturated carbocycles. The second-order valence-electron chi connectivity index (χ2n) is 9.12. The van der Waals surface area contributed by atoms with Crippen molar-refractivity contribution < 1.29 is 14.3 Å². The Hall–Kier alpha value is -3.65. The third-order valence-electron chi connectivity index (χ3n) is 7.16. The van der Waals surface area contributed by atoms with Crippen molar-refractivity contribution in [3.63, 3.8) is 0 Å². The van der Waals surface area contributed by atoms with E-state index in [1.807, 2.05) is 60.7 Å². The number of aromatic nitrogens is 3. The predicted molar refractivity (Wildman–Crippen MR) is 131 cm³/mol. The minimum Gasteiger partial charge on any atom is -0.497 e. The van der Waals surface area contributed by atoms with Gasteiger partial charge in [-0.2, -0.15) is 4.98 Å². The molecule has 2 aromatic carbocycles. The summed E-state index contributed by atoms with van der Waals surface area (Å²) in [6, 6.07) is 15.3. The van der Waals surface area contributed by atoms with Gasteiger partial charge >= 0.3 is 0 Å². The zero-order valence-electron chi connectivity index (χ0n) is 19.1. The molecule has 1 saturated heterocycles. The van der Waals surface area contributed by atoms with E-state index in [2.05, 4.69) is 15.4 Å². The fourth-order valence-corrected chi connectivity index (χ4v) is 5.40. The number of amides is 2. The molecule has 6 rings (SSSR count). The van der Waals surface area contributed by atoms with Crippen molar-refractivity contribution in [3.05, 3.63) is 76.8 Å². The average molecular weight is 490 g/mol. The van der Waals surface area contributed by atoms with Crippen LogP contribution in [0.5, 0.6) is 5.75 Å². The van der Waals surface area contributed by atoms with Crippen molar-refractivity contribution in [1.29, 1.82) is 0 Å². The van der Waals surface area contributed by atoms with Crippen LogP contribution < -0.4 is 15.0 Å². The maximum Gasteiger partial charge on any atom is 0.260 e. The Kier molecular flexibility index (Phi) is 5.33. The number of allylic oxidation sites excluding steroid dienone is 2. The van der Waals surface area contributed by atoms with Gasteiger partial charge in [0.1, 0.15) is 5.75 Å². The molecule has 8 nitrogen and oxygen atoms in total. The van der Waals surface area contributed by atoms with E-state index < -0.39 is 0 Å². The van der Waals surface area contributed by atoms with Gasteiger partial charge in [-0.05, 0) is 54.7 Å². The summed E-state index contributed by atoms with van der Waals surface area (Å²) in [6.07, 6.45) is 5.79. The molecule has 0 bridgehead atoms. The van der Waals surface area contributed by atoms with Gasteiger partial charge in [0, 0.05) is 5.02 Å². The zero-order chi connectivity index (χ0) is 24.1. The van der Waals surface area contributed by atoms with Gasteiger partial charge in [0.25, 0.3) is 5.95 Å². The summed E-state index contributed by atoms with van der Waals surface area (Å²) in [7, 11) is 1.63. The molecule has 0 unspecified atom stereocenters. The molecule has 4 atom stereocenters. The molecule has 9 heteroatoms. The zero-order valence-corrected chi connectivity index (χ0v) is 19.9. The smallest absolute Gasteiger partial charge is 0.260 e. The minimum atomic E-state index is -0.333. The van der Waals surface area contributed by atoms with Gasteiger partial charge in [0.2, 0.25) is 17.8 Å².